The van der Waals surface area contributed by atoms with E-state index in [1.807, 2.05) is 30.3 Å². The van der Waals surface area contributed by atoms with Crippen molar-refractivity contribution in [1.82, 2.24) is 0 Å². The maximum atomic E-state index is 13.4. The summed E-state index contributed by atoms with van der Waals surface area (Å²) in [6.07, 6.45) is 2.10. The number of benzene rings is 6. The van der Waals surface area contributed by atoms with Crippen molar-refractivity contribution in [3.8, 4) is 34.1 Å². The van der Waals surface area contributed by atoms with Crippen LogP contribution in [0.25, 0.3) is 32.7 Å². The fourth-order valence-corrected chi connectivity index (χ4v) is 5.14. The van der Waals surface area contributed by atoms with Crippen molar-refractivity contribution in [2.24, 2.45) is 0 Å². The van der Waals surface area contributed by atoms with Crippen LogP contribution in [0.4, 0.5) is 0 Å². The molecule has 0 fully saturated rings. The molecule has 0 saturated heterocycles. The van der Waals surface area contributed by atoms with Crippen LogP contribution in [-0.4, -0.2) is 37.5 Å². The molecule has 0 N–H and O–H groups in total. The smallest absolute Gasteiger partial charge is 0.343 e. The Kier molecular flexibility index (Phi) is 10.7. The first kappa shape index (κ1) is 34.7. The van der Waals surface area contributed by atoms with Gasteiger partial charge in [0.15, 0.2) is 0 Å². The average molecular weight is 695 g/mol. The topological polar surface area (TPSA) is 124 Å². The zero-order valence-corrected chi connectivity index (χ0v) is 27.6. The molecule has 52 heavy (non-hydrogen) atoms. The van der Waals surface area contributed by atoms with Crippen LogP contribution in [0, 0.1) is 0 Å². The molecule has 0 bridgehead atoms. The molecule has 0 radical (unpaired) electrons. The predicted octanol–water partition coefficient (Wildman–Crippen LogP) is 8.23. The van der Waals surface area contributed by atoms with Crippen LogP contribution in [0.2, 0.25) is 0 Å². The molecule has 10 nitrogen and oxygen atoms in total. The molecule has 0 heterocycles. The molecular formula is C42H30O10. The van der Waals surface area contributed by atoms with Crippen LogP contribution in [0.1, 0.15) is 20.7 Å². The van der Waals surface area contributed by atoms with Crippen molar-refractivity contribution in [1.29, 1.82) is 0 Å². The van der Waals surface area contributed by atoms with Gasteiger partial charge in [0.1, 0.15) is 23.0 Å². The zero-order valence-electron chi connectivity index (χ0n) is 27.6. The number of rotatable bonds is 13. The molecule has 0 aromatic heterocycles. The third kappa shape index (κ3) is 8.50. The minimum absolute atomic E-state index is 0.254. The van der Waals surface area contributed by atoms with Crippen LogP contribution in [0.5, 0.6) is 23.0 Å². The van der Waals surface area contributed by atoms with Crippen molar-refractivity contribution in [3.63, 3.8) is 0 Å². The van der Waals surface area contributed by atoms with Gasteiger partial charge in [0.05, 0.1) is 11.1 Å². The summed E-state index contributed by atoms with van der Waals surface area (Å²) in [5.74, 6) is -0.838. The van der Waals surface area contributed by atoms with E-state index in [-0.39, 0.29) is 25.1 Å². The lowest BCUT2D eigenvalue weighted by Gasteiger charge is -2.13. The Hall–Kier alpha value is -7.20. The summed E-state index contributed by atoms with van der Waals surface area (Å²) < 4.78 is 32.3. The SMILES string of the molecule is C=CC(=O)OCOc1ccc2cc(C(=O)Oc3ccc(OC(=O)c4ccc5cc(OCOC(=O)C=C)ccc5c4)c(-c4ccccc4)c3)ccc2c1. The van der Waals surface area contributed by atoms with E-state index in [9.17, 15) is 19.2 Å². The summed E-state index contributed by atoms with van der Waals surface area (Å²) in [5.41, 5.74) is 1.94. The first-order valence-corrected chi connectivity index (χ1v) is 15.8. The van der Waals surface area contributed by atoms with E-state index in [2.05, 4.69) is 13.2 Å². The monoisotopic (exact) mass is 694 g/mol. The number of fused-ring (bicyclic) bond motifs is 2. The molecular weight excluding hydrogens is 664 g/mol. The second-order valence-electron chi connectivity index (χ2n) is 11.1. The summed E-state index contributed by atoms with van der Waals surface area (Å²) in [5, 5.41) is 3.14. The Morgan fingerprint density at radius 3 is 1.52 bits per heavy atom. The maximum Gasteiger partial charge on any atom is 0.343 e. The Labute approximate surface area is 298 Å². The van der Waals surface area contributed by atoms with Crippen LogP contribution in [-0.2, 0) is 19.1 Å². The highest BCUT2D eigenvalue weighted by Gasteiger charge is 2.17. The molecule has 0 aliphatic heterocycles. The van der Waals surface area contributed by atoms with Crippen molar-refractivity contribution in [2.75, 3.05) is 13.6 Å². The largest absolute Gasteiger partial charge is 0.457 e. The highest BCUT2D eigenvalue weighted by atomic mass is 16.7. The molecule has 0 spiro atoms. The Balaban J connectivity index is 1.17. The fourth-order valence-electron chi connectivity index (χ4n) is 5.14. The van der Waals surface area contributed by atoms with Crippen LogP contribution < -0.4 is 18.9 Å². The normalized spacial score (nSPS) is 10.5. The number of carbonyl (C=O) groups excluding carboxylic acids is 4. The summed E-state index contributed by atoms with van der Waals surface area (Å²) in [6.45, 7) is 6.16. The maximum absolute atomic E-state index is 13.4. The molecule has 6 aromatic rings. The lowest BCUT2D eigenvalue weighted by molar-refractivity contribution is -0.145. The summed E-state index contributed by atoms with van der Waals surface area (Å²) >= 11 is 0. The quantitative estimate of drug-likeness (QED) is 0.0505. The molecule has 0 aliphatic rings. The van der Waals surface area contributed by atoms with Gasteiger partial charge in [-0.3, -0.25) is 0 Å². The molecule has 10 heteroatoms. The number of esters is 4. The molecule has 0 unspecified atom stereocenters. The van der Waals surface area contributed by atoms with Crippen molar-refractivity contribution < 1.29 is 47.6 Å². The Bertz CT molecular complexity index is 2330. The number of carbonyl (C=O) groups is 4. The average Bonchev–Trinajstić information content (AvgIpc) is 3.18. The summed E-state index contributed by atoms with van der Waals surface area (Å²) in [7, 11) is 0. The second kappa shape index (κ2) is 16.0. The number of hydrogen-bond acceptors (Lipinski definition) is 10. The zero-order chi connectivity index (χ0) is 36.5. The van der Waals surface area contributed by atoms with Gasteiger partial charge < -0.3 is 28.4 Å². The van der Waals surface area contributed by atoms with E-state index in [4.69, 9.17) is 28.4 Å². The van der Waals surface area contributed by atoms with Gasteiger partial charge in [0.25, 0.3) is 0 Å². The Morgan fingerprint density at radius 2 is 0.981 bits per heavy atom. The van der Waals surface area contributed by atoms with Gasteiger partial charge >= 0.3 is 23.9 Å². The van der Waals surface area contributed by atoms with Gasteiger partial charge in [0, 0.05) is 17.7 Å². The van der Waals surface area contributed by atoms with E-state index in [0.717, 1.165) is 39.3 Å². The van der Waals surface area contributed by atoms with Gasteiger partial charge in [-0.2, -0.15) is 0 Å². The van der Waals surface area contributed by atoms with Crippen LogP contribution in [0.15, 0.2) is 147 Å². The highest BCUT2D eigenvalue weighted by molar-refractivity contribution is 5.98. The lowest BCUT2D eigenvalue weighted by Crippen LogP contribution is -2.10. The van der Waals surface area contributed by atoms with Gasteiger partial charge in [-0.1, -0.05) is 67.8 Å². The first-order chi connectivity index (χ1) is 25.3. The fraction of sp³-hybridized carbons (Fsp3) is 0.0476. The van der Waals surface area contributed by atoms with Crippen LogP contribution >= 0.6 is 0 Å². The first-order valence-electron chi connectivity index (χ1n) is 15.8. The third-order valence-corrected chi connectivity index (χ3v) is 7.73. The van der Waals surface area contributed by atoms with E-state index < -0.39 is 23.9 Å². The van der Waals surface area contributed by atoms with Crippen molar-refractivity contribution >= 4 is 45.4 Å². The minimum atomic E-state index is -0.591. The molecule has 258 valence electrons. The van der Waals surface area contributed by atoms with E-state index in [1.54, 1.807) is 91.0 Å². The predicted molar refractivity (Wildman–Crippen MR) is 193 cm³/mol. The van der Waals surface area contributed by atoms with E-state index in [1.165, 1.54) is 0 Å². The Morgan fingerprint density at radius 1 is 0.500 bits per heavy atom. The molecule has 0 amide bonds. The molecule has 0 saturated carbocycles. The molecule has 0 atom stereocenters. The lowest BCUT2D eigenvalue weighted by atomic mass is 10.0. The van der Waals surface area contributed by atoms with Gasteiger partial charge in [-0.15, -0.1) is 0 Å². The van der Waals surface area contributed by atoms with Gasteiger partial charge in [-0.25, -0.2) is 19.2 Å². The van der Waals surface area contributed by atoms with E-state index >= 15 is 0 Å². The van der Waals surface area contributed by atoms with Crippen molar-refractivity contribution in [2.45, 2.75) is 0 Å². The van der Waals surface area contributed by atoms with E-state index in [0.29, 0.717) is 28.2 Å². The van der Waals surface area contributed by atoms with Crippen LogP contribution in [0.3, 0.4) is 0 Å². The second-order valence-corrected chi connectivity index (χ2v) is 11.1. The standard InChI is InChI=1S/C42H30O10/c1-3-39(43)49-25-47-34-16-14-28-20-32(12-10-30(28)22-34)41(45)51-36-18-19-38(37(24-36)27-8-6-5-7-9-27)52-42(46)33-13-11-31-23-35(17-15-29(31)21-33)48-26-50-40(44)4-2/h3-24H,1-2,25-26H2. The van der Waals surface area contributed by atoms with Gasteiger partial charge in [0.2, 0.25) is 13.6 Å². The number of hydrogen-bond donors (Lipinski definition) is 0. The molecule has 0 aliphatic carbocycles. The number of ether oxygens (including phenoxy) is 6. The summed E-state index contributed by atoms with van der Waals surface area (Å²) in [4.78, 5) is 49.1. The molecule has 6 rings (SSSR count). The highest BCUT2D eigenvalue weighted by Crippen LogP contribution is 2.35. The summed E-state index contributed by atoms with van der Waals surface area (Å²) in [6, 6.07) is 34.8. The van der Waals surface area contributed by atoms with Gasteiger partial charge in [-0.05, 0) is 93.8 Å². The minimum Gasteiger partial charge on any atom is -0.457 e. The van der Waals surface area contributed by atoms with Crippen molar-refractivity contribution in [3.05, 3.63) is 158 Å². The molecule has 6 aromatic carbocycles. The third-order valence-electron chi connectivity index (χ3n) is 7.73.